The van der Waals surface area contributed by atoms with Gasteiger partial charge in [-0.3, -0.25) is 9.89 Å². The molecule has 0 amide bonds. The minimum atomic E-state index is -3.86. The molecule has 1 aliphatic heterocycles. The van der Waals surface area contributed by atoms with Crippen molar-refractivity contribution in [1.29, 1.82) is 0 Å². The number of rotatable bonds is 3. The average molecular weight is 467 g/mol. The minimum absolute atomic E-state index is 0.0931. The Morgan fingerprint density at radius 3 is 2.59 bits per heavy atom. The van der Waals surface area contributed by atoms with Crippen LogP contribution in [0.4, 0.5) is 5.82 Å². The molecule has 9 heteroatoms. The number of aromatic amines is 1. The number of anilines is 1. The fraction of sp³-hybridized carbons (Fsp3) is 0.130. The standard InChI is InChI=1S/C23H19ClN4O3S/c1-15-7-9-18(10-8-15)32(30,31)27-13-11-20-21(19-6-3-12-25-22(19)27)26-28(23(20)29)17-5-2-4-16(24)14-17/h2-10,12,14,26H,11,13H2,1H3. The van der Waals surface area contributed by atoms with E-state index in [1.165, 1.54) is 8.99 Å². The number of fused-ring (bicyclic) bond motifs is 3. The number of aromatic nitrogens is 3. The molecule has 5 rings (SSSR count). The van der Waals surface area contributed by atoms with Gasteiger partial charge >= 0.3 is 0 Å². The van der Waals surface area contributed by atoms with Crippen molar-refractivity contribution < 1.29 is 8.42 Å². The predicted molar refractivity (Wildman–Crippen MR) is 124 cm³/mol. The maximum atomic E-state index is 13.5. The Morgan fingerprint density at radius 1 is 1.06 bits per heavy atom. The van der Waals surface area contributed by atoms with Crippen molar-refractivity contribution in [3.05, 3.63) is 93.4 Å². The normalized spacial score (nSPS) is 13.4. The molecule has 2 aromatic carbocycles. The van der Waals surface area contributed by atoms with Crippen LogP contribution in [0.5, 0.6) is 0 Å². The second-order valence-electron chi connectivity index (χ2n) is 7.60. The summed E-state index contributed by atoms with van der Waals surface area (Å²) in [7, 11) is -3.86. The van der Waals surface area contributed by atoms with Gasteiger partial charge in [-0.05, 0) is 55.8 Å². The molecule has 0 bridgehead atoms. The van der Waals surface area contributed by atoms with Gasteiger partial charge in [0.15, 0.2) is 5.82 Å². The molecule has 0 radical (unpaired) electrons. The largest absolute Gasteiger partial charge is 0.290 e. The van der Waals surface area contributed by atoms with Crippen molar-refractivity contribution in [2.75, 3.05) is 10.8 Å². The molecule has 1 N–H and O–H groups in total. The van der Waals surface area contributed by atoms with E-state index in [1.54, 1.807) is 66.9 Å². The van der Waals surface area contributed by atoms with E-state index in [0.717, 1.165) is 5.56 Å². The molecule has 32 heavy (non-hydrogen) atoms. The molecule has 0 atom stereocenters. The van der Waals surface area contributed by atoms with Gasteiger partial charge in [0.05, 0.1) is 16.3 Å². The van der Waals surface area contributed by atoms with Crippen molar-refractivity contribution in [2.24, 2.45) is 0 Å². The number of pyridine rings is 1. The van der Waals surface area contributed by atoms with Gasteiger partial charge in [-0.25, -0.2) is 22.4 Å². The topological polar surface area (TPSA) is 88.1 Å². The summed E-state index contributed by atoms with van der Waals surface area (Å²) >= 11 is 6.11. The second-order valence-corrected chi connectivity index (χ2v) is 9.90. The first-order chi connectivity index (χ1) is 15.4. The number of sulfonamides is 1. The fourth-order valence-corrected chi connectivity index (χ4v) is 5.53. The molecule has 0 saturated heterocycles. The monoisotopic (exact) mass is 466 g/mol. The van der Waals surface area contributed by atoms with E-state index < -0.39 is 10.0 Å². The van der Waals surface area contributed by atoms with E-state index in [1.807, 2.05) is 6.92 Å². The summed E-state index contributed by atoms with van der Waals surface area (Å²) < 4.78 is 29.7. The maximum absolute atomic E-state index is 13.5. The Hall–Kier alpha value is -3.36. The molecular weight excluding hydrogens is 448 g/mol. The zero-order valence-electron chi connectivity index (χ0n) is 17.1. The fourth-order valence-electron chi connectivity index (χ4n) is 3.91. The van der Waals surface area contributed by atoms with E-state index in [4.69, 9.17) is 11.6 Å². The SMILES string of the molecule is Cc1ccc(S(=O)(=O)N2CCc3c([nH]n(-c4cccc(Cl)c4)c3=O)-c3cccnc32)cc1. The van der Waals surface area contributed by atoms with Crippen LogP contribution in [0.25, 0.3) is 16.9 Å². The third kappa shape index (κ3) is 3.32. The first-order valence-electron chi connectivity index (χ1n) is 10.0. The van der Waals surface area contributed by atoms with Gasteiger partial charge in [-0.1, -0.05) is 35.4 Å². The van der Waals surface area contributed by atoms with Gasteiger partial charge in [0.2, 0.25) is 0 Å². The molecule has 0 aliphatic carbocycles. The first-order valence-corrected chi connectivity index (χ1v) is 11.8. The zero-order chi connectivity index (χ0) is 22.5. The predicted octanol–water partition coefficient (Wildman–Crippen LogP) is 3.94. The molecule has 162 valence electrons. The smallest absolute Gasteiger partial charge is 0.275 e. The highest BCUT2D eigenvalue weighted by Gasteiger charge is 2.33. The number of hydrogen-bond donors (Lipinski definition) is 1. The molecule has 0 spiro atoms. The molecule has 0 saturated carbocycles. The van der Waals surface area contributed by atoms with Gasteiger partial charge in [-0.15, -0.1) is 0 Å². The number of H-pyrrole nitrogens is 1. The summed E-state index contributed by atoms with van der Waals surface area (Å²) in [6, 6.07) is 17.2. The molecule has 0 fully saturated rings. The van der Waals surface area contributed by atoms with Crippen LogP contribution in [0.1, 0.15) is 11.1 Å². The third-order valence-corrected chi connectivity index (χ3v) is 7.56. The summed E-state index contributed by atoms with van der Waals surface area (Å²) in [4.78, 5) is 17.8. The van der Waals surface area contributed by atoms with Gasteiger partial charge in [0, 0.05) is 28.9 Å². The highest BCUT2D eigenvalue weighted by Crippen LogP contribution is 2.35. The summed E-state index contributed by atoms with van der Waals surface area (Å²) in [6.07, 6.45) is 1.78. The molecule has 3 heterocycles. The molecule has 2 aromatic heterocycles. The lowest BCUT2D eigenvalue weighted by Gasteiger charge is -2.23. The van der Waals surface area contributed by atoms with Gasteiger partial charge < -0.3 is 0 Å². The van der Waals surface area contributed by atoms with Crippen LogP contribution in [-0.2, 0) is 16.4 Å². The minimum Gasteiger partial charge on any atom is -0.290 e. The third-order valence-electron chi connectivity index (χ3n) is 5.52. The van der Waals surface area contributed by atoms with Gasteiger partial charge in [-0.2, -0.15) is 0 Å². The Balaban J connectivity index is 1.67. The number of nitrogens with one attached hydrogen (secondary N) is 1. The Bertz CT molecular complexity index is 1490. The molecule has 7 nitrogen and oxygen atoms in total. The van der Waals surface area contributed by atoms with Crippen molar-refractivity contribution in [2.45, 2.75) is 18.2 Å². The van der Waals surface area contributed by atoms with E-state index in [-0.39, 0.29) is 29.2 Å². The first kappa shape index (κ1) is 20.5. The van der Waals surface area contributed by atoms with E-state index in [0.29, 0.717) is 27.5 Å². The number of hydrogen-bond acceptors (Lipinski definition) is 4. The molecule has 4 aromatic rings. The van der Waals surface area contributed by atoms with Gasteiger partial charge in [0.25, 0.3) is 15.6 Å². The summed E-state index contributed by atoms with van der Waals surface area (Å²) in [5.41, 5.74) is 2.93. The molecule has 1 aliphatic rings. The number of benzene rings is 2. The average Bonchev–Trinajstić information content (AvgIpc) is 3.00. The zero-order valence-corrected chi connectivity index (χ0v) is 18.7. The quantitative estimate of drug-likeness (QED) is 0.495. The highest BCUT2D eigenvalue weighted by atomic mass is 35.5. The summed E-state index contributed by atoms with van der Waals surface area (Å²) in [5.74, 6) is 0.284. The summed E-state index contributed by atoms with van der Waals surface area (Å²) in [6.45, 7) is 1.99. The Kier molecular flexibility index (Phi) is 4.91. The van der Waals surface area contributed by atoms with Crippen LogP contribution in [-0.4, -0.2) is 29.7 Å². The van der Waals surface area contributed by atoms with E-state index in [9.17, 15) is 13.2 Å². The lowest BCUT2D eigenvalue weighted by Crippen LogP contribution is -2.34. The lowest BCUT2D eigenvalue weighted by molar-refractivity contribution is 0.590. The van der Waals surface area contributed by atoms with Crippen LogP contribution >= 0.6 is 11.6 Å². The van der Waals surface area contributed by atoms with Crippen LogP contribution in [0.15, 0.2) is 76.6 Å². The summed E-state index contributed by atoms with van der Waals surface area (Å²) in [5, 5.41) is 3.66. The van der Waals surface area contributed by atoms with Crippen molar-refractivity contribution >= 4 is 27.4 Å². The van der Waals surface area contributed by atoms with Crippen molar-refractivity contribution in [3.8, 4) is 16.9 Å². The van der Waals surface area contributed by atoms with Crippen molar-refractivity contribution in [1.82, 2.24) is 14.8 Å². The molecular formula is C23H19ClN4O3S. The lowest BCUT2D eigenvalue weighted by atomic mass is 10.1. The van der Waals surface area contributed by atoms with Crippen LogP contribution in [0.3, 0.4) is 0 Å². The van der Waals surface area contributed by atoms with Crippen LogP contribution < -0.4 is 9.86 Å². The van der Waals surface area contributed by atoms with Crippen LogP contribution in [0.2, 0.25) is 5.02 Å². The van der Waals surface area contributed by atoms with E-state index in [2.05, 4.69) is 10.1 Å². The maximum Gasteiger partial charge on any atom is 0.275 e. The number of halogens is 1. The van der Waals surface area contributed by atoms with Gasteiger partial charge in [0.1, 0.15) is 0 Å². The molecule has 0 unspecified atom stereocenters. The Labute approximate surface area is 190 Å². The number of nitrogens with zero attached hydrogens (tertiary/aromatic N) is 3. The van der Waals surface area contributed by atoms with Crippen LogP contribution in [0, 0.1) is 6.92 Å². The van der Waals surface area contributed by atoms with Crippen molar-refractivity contribution in [3.63, 3.8) is 0 Å². The number of aryl methyl sites for hydroxylation is 1. The van der Waals surface area contributed by atoms with E-state index >= 15 is 0 Å². The second kappa shape index (κ2) is 7.65. The Morgan fingerprint density at radius 2 is 1.84 bits per heavy atom. The highest BCUT2D eigenvalue weighted by molar-refractivity contribution is 7.92.